The minimum absolute atomic E-state index is 0.0738. The van der Waals surface area contributed by atoms with E-state index in [9.17, 15) is 4.79 Å². The van der Waals surface area contributed by atoms with Gasteiger partial charge >= 0.3 is 0 Å². The molecular weight excluding hydrogens is 310 g/mol. The smallest absolute Gasteiger partial charge is 0.237 e. The number of hydrogen-bond donors (Lipinski definition) is 2. The topological polar surface area (TPSA) is 54.0 Å². The number of pyridine rings is 1. The molecule has 1 fully saturated rings. The van der Waals surface area contributed by atoms with Crippen molar-refractivity contribution in [3.63, 3.8) is 0 Å². The highest BCUT2D eigenvalue weighted by molar-refractivity contribution is 5.81. The third kappa shape index (κ3) is 5.04. The predicted octanol–water partition coefficient (Wildman–Crippen LogP) is 4.01. The molecule has 1 aliphatic carbocycles. The van der Waals surface area contributed by atoms with E-state index >= 15 is 0 Å². The number of nitrogens with zero attached hydrogens (tertiary/aromatic N) is 1. The molecule has 0 spiro atoms. The first kappa shape index (κ1) is 19.9. The van der Waals surface area contributed by atoms with E-state index in [2.05, 4.69) is 56.3 Å². The zero-order valence-electron chi connectivity index (χ0n) is 16.7. The summed E-state index contributed by atoms with van der Waals surface area (Å²) in [5, 5.41) is 6.80. The minimum Gasteiger partial charge on any atom is -0.352 e. The second-order valence-corrected chi connectivity index (χ2v) is 8.20. The van der Waals surface area contributed by atoms with Crippen LogP contribution in [-0.2, 0) is 4.79 Å². The molecule has 1 heterocycles. The van der Waals surface area contributed by atoms with Crippen molar-refractivity contribution >= 4 is 5.91 Å². The number of aryl methyl sites for hydroxylation is 1. The van der Waals surface area contributed by atoms with Gasteiger partial charge in [-0.05, 0) is 49.7 Å². The fraction of sp³-hybridized carbons (Fsp3) is 0.714. The first-order valence-corrected chi connectivity index (χ1v) is 9.79. The summed E-state index contributed by atoms with van der Waals surface area (Å²) in [6.45, 7) is 12.9. The van der Waals surface area contributed by atoms with Crippen LogP contribution in [0.5, 0.6) is 0 Å². The van der Waals surface area contributed by atoms with Gasteiger partial charge < -0.3 is 5.32 Å². The number of aromatic nitrogens is 1. The van der Waals surface area contributed by atoms with Crippen molar-refractivity contribution in [2.24, 2.45) is 17.8 Å². The number of rotatable bonds is 6. The van der Waals surface area contributed by atoms with Gasteiger partial charge in [-0.15, -0.1) is 0 Å². The molecule has 1 saturated carbocycles. The zero-order valence-corrected chi connectivity index (χ0v) is 16.7. The molecule has 1 aliphatic rings. The fourth-order valence-electron chi connectivity index (χ4n) is 3.85. The SMILES string of the molecule is Cc1cccnc1C(NC(C)C(=O)NC1CCCC(C)C1C)C(C)C. The average molecular weight is 346 g/mol. The summed E-state index contributed by atoms with van der Waals surface area (Å²) < 4.78 is 0. The number of carbonyl (C=O) groups excluding carboxylic acids is 1. The van der Waals surface area contributed by atoms with Crippen LogP contribution in [0, 0.1) is 24.7 Å². The van der Waals surface area contributed by atoms with E-state index in [-0.39, 0.29) is 18.0 Å². The van der Waals surface area contributed by atoms with Crippen molar-refractivity contribution in [3.8, 4) is 0 Å². The maximum Gasteiger partial charge on any atom is 0.237 e. The fourth-order valence-corrected chi connectivity index (χ4v) is 3.85. The third-order valence-electron chi connectivity index (χ3n) is 5.87. The molecule has 5 unspecified atom stereocenters. The summed E-state index contributed by atoms with van der Waals surface area (Å²) in [6.07, 6.45) is 5.40. The number of nitrogens with one attached hydrogen (secondary N) is 2. The van der Waals surface area contributed by atoms with Crippen LogP contribution in [0.2, 0.25) is 0 Å². The summed E-state index contributed by atoms with van der Waals surface area (Å²) in [5.41, 5.74) is 2.20. The van der Waals surface area contributed by atoms with E-state index in [1.165, 1.54) is 12.8 Å². The Labute approximate surface area is 153 Å². The summed E-state index contributed by atoms with van der Waals surface area (Å²) in [4.78, 5) is 17.3. The van der Waals surface area contributed by atoms with Crippen LogP contribution in [0.15, 0.2) is 18.3 Å². The van der Waals surface area contributed by atoms with Crippen LogP contribution < -0.4 is 10.6 Å². The van der Waals surface area contributed by atoms with Crippen molar-refractivity contribution in [1.82, 2.24) is 15.6 Å². The third-order valence-corrected chi connectivity index (χ3v) is 5.87. The lowest BCUT2D eigenvalue weighted by atomic mass is 9.78. The maximum absolute atomic E-state index is 12.7. The molecule has 4 nitrogen and oxygen atoms in total. The normalized spacial score (nSPS) is 26.3. The van der Waals surface area contributed by atoms with E-state index in [1.807, 2.05) is 19.2 Å². The first-order chi connectivity index (χ1) is 11.8. The molecule has 1 amide bonds. The number of carbonyl (C=O) groups is 1. The Balaban J connectivity index is 2.02. The molecule has 0 bridgehead atoms. The molecule has 0 saturated heterocycles. The van der Waals surface area contributed by atoms with E-state index in [0.29, 0.717) is 23.8 Å². The van der Waals surface area contributed by atoms with Gasteiger partial charge in [0.05, 0.1) is 17.8 Å². The molecule has 2 rings (SSSR count). The molecule has 1 aromatic heterocycles. The molecule has 0 aliphatic heterocycles. The summed E-state index contributed by atoms with van der Waals surface area (Å²) in [6, 6.07) is 4.17. The van der Waals surface area contributed by atoms with Crippen LogP contribution in [0.25, 0.3) is 0 Å². The van der Waals surface area contributed by atoms with Crippen molar-refractivity contribution in [3.05, 3.63) is 29.6 Å². The molecular formula is C21H35N3O. The number of amides is 1. The first-order valence-electron chi connectivity index (χ1n) is 9.79. The molecule has 0 aromatic carbocycles. The van der Waals surface area contributed by atoms with Crippen molar-refractivity contribution in [1.29, 1.82) is 0 Å². The monoisotopic (exact) mass is 345 g/mol. The van der Waals surface area contributed by atoms with Gasteiger partial charge in [0.15, 0.2) is 0 Å². The average Bonchev–Trinajstić information content (AvgIpc) is 2.57. The molecule has 5 atom stereocenters. The van der Waals surface area contributed by atoms with Crippen molar-refractivity contribution in [2.75, 3.05) is 0 Å². The quantitative estimate of drug-likeness (QED) is 0.819. The van der Waals surface area contributed by atoms with Crippen molar-refractivity contribution in [2.45, 2.75) is 78.9 Å². The summed E-state index contributed by atoms with van der Waals surface area (Å²) in [5.74, 6) is 1.69. The van der Waals surface area contributed by atoms with Crippen molar-refractivity contribution < 1.29 is 4.79 Å². The van der Waals surface area contributed by atoms with Gasteiger partial charge in [-0.3, -0.25) is 15.1 Å². The second-order valence-electron chi connectivity index (χ2n) is 8.20. The van der Waals surface area contributed by atoms with Gasteiger partial charge in [0.1, 0.15) is 0 Å². The van der Waals surface area contributed by atoms with Crippen LogP contribution in [0.1, 0.15) is 71.2 Å². The molecule has 1 aromatic rings. The lowest BCUT2D eigenvalue weighted by molar-refractivity contribution is -0.124. The Kier molecular flexibility index (Phi) is 7.00. The van der Waals surface area contributed by atoms with E-state index < -0.39 is 0 Å². The Hall–Kier alpha value is -1.42. The summed E-state index contributed by atoms with van der Waals surface area (Å²) in [7, 11) is 0. The predicted molar refractivity (Wildman–Crippen MR) is 103 cm³/mol. The van der Waals surface area contributed by atoms with E-state index in [0.717, 1.165) is 17.7 Å². The molecule has 0 radical (unpaired) electrons. The van der Waals surface area contributed by atoms with Gasteiger partial charge in [-0.2, -0.15) is 0 Å². The van der Waals surface area contributed by atoms with Crippen LogP contribution in [-0.4, -0.2) is 23.0 Å². The lowest BCUT2D eigenvalue weighted by Gasteiger charge is -2.35. The Morgan fingerprint density at radius 3 is 2.60 bits per heavy atom. The van der Waals surface area contributed by atoms with Gasteiger partial charge in [0.25, 0.3) is 0 Å². The molecule has 4 heteroatoms. The Morgan fingerprint density at radius 2 is 1.96 bits per heavy atom. The van der Waals surface area contributed by atoms with Gasteiger partial charge in [0, 0.05) is 12.2 Å². The standard InChI is InChI=1S/C21H35N3O/c1-13(2)19(20-15(4)10-8-12-22-20)23-17(6)21(25)24-18-11-7-9-14(3)16(18)5/h8,10,12-14,16-19,23H,7,9,11H2,1-6H3,(H,24,25). The van der Waals surface area contributed by atoms with Gasteiger partial charge in [-0.1, -0.05) is 46.6 Å². The highest BCUT2D eigenvalue weighted by atomic mass is 16.2. The molecule has 140 valence electrons. The zero-order chi connectivity index (χ0) is 18.6. The van der Waals surface area contributed by atoms with Crippen LogP contribution in [0.4, 0.5) is 0 Å². The Bertz CT molecular complexity index is 572. The molecule has 2 N–H and O–H groups in total. The highest BCUT2D eigenvalue weighted by Crippen LogP contribution is 2.29. The Morgan fingerprint density at radius 1 is 1.24 bits per heavy atom. The minimum atomic E-state index is -0.238. The van der Waals surface area contributed by atoms with Crippen LogP contribution >= 0.6 is 0 Å². The second kappa shape index (κ2) is 8.79. The molecule has 25 heavy (non-hydrogen) atoms. The highest BCUT2D eigenvalue weighted by Gasteiger charge is 2.30. The van der Waals surface area contributed by atoms with Gasteiger partial charge in [0.2, 0.25) is 5.91 Å². The lowest BCUT2D eigenvalue weighted by Crippen LogP contribution is -2.51. The van der Waals surface area contributed by atoms with E-state index in [1.54, 1.807) is 0 Å². The van der Waals surface area contributed by atoms with Gasteiger partial charge in [-0.25, -0.2) is 0 Å². The largest absolute Gasteiger partial charge is 0.352 e. The van der Waals surface area contributed by atoms with E-state index in [4.69, 9.17) is 0 Å². The number of hydrogen-bond acceptors (Lipinski definition) is 3. The summed E-state index contributed by atoms with van der Waals surface area (Å²) >= 11 is 0. The van der Waals surface area contributed by atoms with Crippen LogP contribution in [0.3, 0.4) is 0 Å². The maximum atomic E-state index is 12.7.